The topological polar surface area (TPSA) is 54.2 Å². The molecule has 2 aromatic rings. The van der Waals surface area contributed by atoms with Crippen LogP contribution >= 0.6 is 11.6 Å². The molecule has 0 saturated carbocycles. The molecular formula is C15H18ClFN4O. The van der Waals surface area contributed by atoms with Crippen molar-refractivity contribution < 1.29 is 9.50 Å². The lowest BCUT2D eigenvalue weighted by atomic mass is 9.95. The second-order valence-corrected chi connectivity index (χ2v) is 6.47. The molecule has 1 aromatic heterocycles. The molecule has 1 fully saturated rings. The Morgan fingerprint density at radius 2 is 2.27 bits per heavy atom. The van der Waals surface area contributed by atoms with E-state index in [2.05, 4.69) is 15.2 Å². The Labute approximate surface area is 133 Å². The number of benzene rings is 1. The van der Waals surface area contributed by atoms with Crippen molar-refractivity contribution >= 4 is 11.6 Å². The highest BCUT2D eigenvalue weighted by molar-refractivity contribution is 6.30. The monoisotopic (exact) mass is 324 g/mol. The Bertz CT molecular complexity index is 673. The van der Waals surface area contributed by atoms with Gasteiger partial charge < -0.3 is 5.11 Å². The molecule has 1 atom stereocenters. The minimum absolute atomic E-state index is 0.0571. The lowest BCUT2D eigenvalue weighted by Crippen LogP contribution is -2.45. The Balaban J connectivity index is 1.72. The molecule has 1 aliphatic rings. The van der Waals surface area contributed by atoms with Crippen molar-refractivity contribution in [3.8, 4) is 5.69 Å². The summed E-state index contributed by atoms with van der Waals surface area (Å²) < 4.78 is 14.8. The summed E-state index contributed by atoms with van der Waals surface area (Å²) in [6.07, 6.45) is 3.59. The zero-order chi connectivity index (χ0) is 15.7. The first-order chi connectivity index (χ1) is 10.4. The van der Waals surface area contributed by atoms with Gasteiger partial charge in [0.1, 0.15) is 5.82 Å². The highest BCUT2D eigenvalue weighted by atomic mass is 35.5. The summed E-state index contributed by atoms with van der Waals surface area (Å²) >= 11 is 5.79. The summed E-state index contributed by atoms with van der Waals surface area (Å²) in [4.78, 5) is 2.16. The van der Waals surface area contributed by atoms with Crippen molar-refractivity contribution in [2.45, 2.75) is 31.9 Å². The van der Waals surface area contributed by atoms with Crippen LogP contribution in [0.2, 0.25) is 5.02 Å². The maximum atomic E-state index is 13.2. The van der Waals surface area contributed by atoms with E-state index in [1.807, 2.05) is 6.92 Å². The van der Waals surface area contributed by atoms with Gasteiger partial charge >= 0.3 is 0 Å². The highest BCUT2D eigenvalue weighted by Crippen LogP contribution is 2.22. The van der Waals surface area contributed by atoms with Crippen molar-refractivity contribution in [1.29, 1.82) is 0 Å². The largest absolute Gasteiger partial charge is 0.389 e. The van der Waals surface area contributed by atoms with Gasteiger partial charge in [-0.05, 0) is 44.5 Å². The van der Waals surface area contributed by atoms with Gasteiger partial charge in [0, 0.05) is 13.1 Å². The molecule has 0 bridgehead atoms. The molecule has 1 saturated heterocycles. The van der Waals surface area contributed by atoms with Crippen molar-refractivity contribution in [2.24, 2.45) is 0 Å². The standard InChI is InChI=1S/C15H18ClFN4O/c1-15(22)5-2-6-20(10-15)8-11-9-21(19-18-11)12-3-4-14(17)13(16)7-12/h3-4,7,9,22H,2,5-6,8,10H2,1H3. The molecule has 1 unspecified atom stereocenters. The number of aliphatic hydroxyl groups is 1. The predicted molar refractivity (Wildman–Crippen MR) is 81.5 cm³/mol. The van der Waals surface area contributed by atoms with E-state index in [-0.39, 0.29) is 5.02 Å². The highest BCUT2D eigenvalue weighted by Gasteiger charge is 2.28. The SMILES string of the molecule is CC1(O)CCCN(Cc2cn(-c3ccc(F)c(Cl)c3)nn2)C1. The third kappa shape index (κ3) is 3.45. The zero-order valence-electron chi connectivity index (χ0n) is 12.3. The second-order valence-electron chi connectivity index (χ2n) is 6.06. The maximum Gasteiger partial charge on any atom is 0.141 e. The van der Waals surface area contributed by atoms with Crippen molar-refractivity contribution in [1.82, 2.24) is 19.9 Å². The Morgan fingerprint density at radius 3 is 3.00 bits per heavy atom. The van der Waals surface area contributed by atoms with E-state index in [0.717, 1.165) is 25.1 Å². The van der Waals surface area contributed by atoms with Crippen molar-refractivity contribution in [2.75, 3.05) is 13.1 Å². The molecule has 1 aliphatic heterocycles. The lowest BCUT2D eigenvalue weighted by Gasteiger charge is -2.36. The maximum absolute atomic E-state index is 13.2. The summed E-state index contributed by atoms with van der Waals surface area (Å²) in [5, 5.41) is 18.4. The molecule has 7 heteroatoms. The van der Waals surface area contributed by atoms with Gasteiger partial charge in [-0.3, -0.25) is 4.90 Å². The van der Waals surface area contributed by atoms with Crippen LogP contribution in [0.1, 0.15) is 25.5 Å². The molecule has 0 radical (unpaired) electrons. The number of aromatic nitrogens is 3. The minimum Gasteiger partial charge on any atom is -0.389 e. The molecule has 118 valence electrons. The van der Waals surface area contributed by atoms with Gasteiger partial charge in [0.25, 0.3) is 0 Å². The number of hydrogen-bond donors (Lipinski definition) is 1. The second kappa shape index (κ2) is 5.95. The van der Waals surface area contributed by atoms with Crippen LogP contribution in [0, 0.1) is 5.82 Å². The van der Waals surface area contributed by atoms with Crippen LogP contribution in [0.3, 0.4) is 0 Å². The fourth-order valence-corrected chi connectivity index (χ4v) is 2.99. The van der Waals surface area contributed by atoms with E-state index in [9.17, 15) is 9.50 Å². The zero-order valence-corrected chi connectivity index (χ0v) is 13.1. The number of hydrogen-bond acceptors (Lipinski definition) is 4. The van der Waals surface area contributed by atoms with E-state index in [1.165, 1.54) is 12.1 Å². The molecule has 3 rings (SSSR count). The summed E-state index contributed by atoms with van der Waals surface area (Å²) in [7, 11) is 0. The van der Waals surface area contributed by atoms with E-state index >= 15 is 0 Å². The van der Waals surface area contributed by atoms with E-state index in [1.54, 1.807) is 16.9 Å². The number of nitrogens with zero attached hydrogens (tertiary/aromatic N) is 4. The van der Waals surface area contributed by atoms with Crippen LogP contribution in [0.25, 0.3) is 5.69 Å². The fourth-order valence-electron chi connectivity index (χ4n) is 2.81. The molecule has 1 aromatic carbocycles. The van der Waals surface area contributed by atoms with E-state index in [4.69, 9.17) is 11.6 Å². The van der Waals surface area contributed by atoms with Gasteiger partial charge in [-0.25, -0.2) is 9.07 Å². The van der Waals surface area contributed by atoms with Crippen LogP contribution in [0.4, 0.5) is 4.39 Å². The smallest absolute Gasteiger partial charge is 0.141 e. The fraction of sp³-hybridized carbons (Fsp3) is 0.467. The third-order valence-electron chi connectivity index (χ3n) is 3.85. The lowest BCUT2D eigenvalue weighted by molar-refractivity contribution is -0.0184. The molecule has 1 N–H and O–H groups in total. The first-order valence-corrected chi connectivity index (χ1v) is 7.62. The number of likely N-dealkylation sites (tertiary alicyclic amines) is 1. The Hall–Kier alpha value is -1.50. The summed E-state index contributed by atoms with van der Waals surface area (Å²) in [6, 6.07) is 4.42. The summed E-state index contributed by atoms with van der Waals surface area (Å²) in [5.41, 5.74) is 0.826. The van der Waals surface area contributed by atoms with Gasteiger partial charge in [0.15, 0.2) is 0 Å². The van der Waals surface area contributed by atoms with E-state index in [0.29, 0.717) is 18.8 Å². The van der Waals surface area contributed by atoms with E-state index < -0.39 is 11.4 Å². The van der Waals surface area contributed by atoms with Crippen LogP contribution in [-0.4, -0.2) is 43.7 Å². The molecule has 0 aliphatic carbocycles. The Morgan fingerprint density at radius 1 is 1.45 bits per heavy atom. The molecule has 2 heterocycles. The quantitative estimate of drug-likeness (QED) is 0.942. The van der Waals surface area contributed by atoms with Gasteiger partial charge in [-0.15, -0.1) is 5.10 Å². The Kier molecular flexibility index (Phi) is 4.16. The third-order valence-corrected chi connectivity index (χ3v) is 4.14. The number of piperidine rings is 1. The van der Waals surface area contributed by atoms with Gasteiger partial charge in [0.05, 0.1) is 28.2 Å². The first kappa shape index (κ1) is 15.4. The molecule has 22 heavy (non-hydrogen) atoms. The average Bonchev–Trinajstić information content (AvgIpc) is 2.89. The number of rotatable bonds is 3. The molecule has 0 spiro atoms. The van der Waals surface area contributed by atoms with Gasteiger partial charge in [-0.2, -0.15) is 0 Å². The molecular weight excluding hydrogens is 307 g/mol. The molecule has 5 nitrogen and oxygen atoms in total. The first-order valence-electron chi connectivity index (χ1n) is 7.24. The normalized spacial score (nSPS) is 22.9. The summed E-state index contributed by atoms with van der Waals surface area (Å²) in [6.45, 7) is 4.05. The van der Waals surface area contributed by atoms with Crippen LogP contribution < -0.4 is 0 Å². The van der Waals surface area contributed by atoms with Crippen LogP contribution in [0.5, 0.6) is 0 Å². The molecule has 0 amide bonds. The number of β-amino-alcohol motifs (C(OH)–C–C–N with tert-alkyl or cyclic N) is 1. The summed E-state index contributed by atoms with van der Waals surface area (Å²) in [5.74, 6) is -0.457. The van der Waals surface area contributed by atoms with Crippen molar-refractivity contribution in [3.63, 3.8) is 0 Å². The van der Waals surface area contributed by atoms with Gasteiger partial charge in [0.2, 0.25) is 0 Å². The van der Waals surface area contributed by atoms with Crippen LogP contribution in [0.15, 0.2) is 24.4 Å². The average molecular weight is 325 g/mol. The number of halogens is 2. The van der Waals surface area contributed by atoms with Crippen LogP contribution in [-0.2, 0) is 6.54 Å². The van der Waals surface area contributed by atoms with Crippen molar-refractivity contribution in [3.05, 3.63) is 40.9 Å². The van der Waals surface area contributed by atoms with Gasteiger partial charge in [-0.1, -0.05) is 16.8 Å². The predicted octanol–water partition coefficient (Wildman–Crippen LogP) is 2.41. The minimum atomic E-state index is -0.640.